The van der Waals surface area contributed by atoms with Crippen LogP contribution < -0.4 is 5.32 Å². The van der Waals surface area contributed by atoms with Gasteiger partial charge in [-0.25, -0.2) is 0 Å². The van der Waals surface area contributed by atoms with Crippen LogP contribution in [0, 0.1) is 17.3 Å². The van der Waals surface area contributed by atoms with Gasteiger partial charge in [-0.3, -0.25) is 0 Å². The zero-order valence-corrected chi connectivity index (χ0v) is 13.6. The van der Waals surface area contributed by atoms with Gasteiger partial charge < -0.3 is 5.32 Å². The molecule has 2 bridgehead atoms. The van der Waals surface area contributed by atoms with Gasteiger partial charge in [-0.15, -0.1) is 0 Å². The molecule has 4 aliphatic rings. The molecule has 21 heavy (non-hydrogen) atoms. The van der Waals surface area contributed by atoms with Crippen LogP contribution in [0.15, 0.2) is 24.3 Å². The second-order valence-corrected chi connectivity index (χ2v) is 8.20. The van der Waals surface area contributed by atoms with Crippen molar-refractivity contribution in [1.82, 2.24) is 5.32 Å². The highest BCUT2D eigenvalue weighted by molar-refractivity contribution is 5.32. The third kappa shape index (κ3) is 1.93. The zero-order valence-electron chi connectivity index (χ0n) is 13.6. The first-order valence-corrected chi connectivity index (χ1v) is 8.97. The number of fused-ring (bicyclic) bond motifs is 2. The highest BCUT2D eigenvalue weighted by Crippen LogP contribution is 2.62. The van der Waals surface area contributed by atoms with Crippen molar-refractivity contribution in [3.8, 4) is 0 Å². The summed E-state index contributed by atoms with van der Waals surface area (Å²) >= 11 is 0. The summed E-state index contributed by atoms with van der Waals surface area (Å²) in [6.45, 7) is 6.12. The van der Waals surface area contributed by atoms with Gasteiger partial charge in [0.1, 0.15) is 0 Å². The van der Waals surface area contributed by atoms with E-state index in [-0.39, 0.29) is 0 Å². The van der Waals surface area contributed by atoms with Gasteiger partial charge in [0.15, 0.2) is 0 Å². The number of nitrogens with one attached hydrogen (secondary N) is 1. The topological polar surface area (TPSA) is 12.0 Å². The maximum absolute atomic E-state index is 4.01. The summed E-state index contributed by atoms with van der Waals surface area (Å²) in [5.41, 5.74) is 4.17. The molecule has 1 spiro atoms. The largest absolute Gasteiger partial charge is 0.310 e. The van der Waals surface area contributed by atoms with Crippen molar-refractivity contribution in [2.24, 2.45) is 17.3 Å². The van der Waals surface area contributed by atoms with Crippen molar-refractivity contribution in [3.63, 3.8) is 0 Å². The first-order chi connectivity index (χ1) is 10.2. The molecule has 0 radical (unpaired) electrons. The van der Waals surface area contributed by atoms with Crippen molar-refractivity contribution < 1.29 is 0 Å². The minimum atomic E-state index is 0.344. The predicted molar refractivity (Wildman–Crippen MR) is 88.4 cm³/mol. The van der Waals surface area contributed by atoms with Gasteiger partial charge in [-0.2, -0.15) is 0 Å². The van der Waals surface area contributed by atoms with E-state index in [0.29, 0.717) is 16.9 Å². The van der Waals surface area contributed by atoms with Gasteiger partial charge in [-0.1, -0.05) is 44.5 Å². The zero-order chi connectivity index (χ0) is 14.5. The quantitative estimate of drug-likeness (QED) is 0.808. The number of hydrogen-bond donors (Lipinski definition) is 1. The van der Waals surface area contributed by atoms with E-state index in [0.717, 1.165) is 5.92 Å². The van der Waals surface area contributed by atoms with Crippen molar-refractivity contribution >= 4 is 0 Å². The summed E-state index contributed by atoms with van der Waals surface area (Å²) in [7, 11) is 0. The normalized spacial score (nSPS) is 38.5. The molecule has 0 aromatic heterocycles. The van der Waals surface area contributed by atoms with Crippen LogP contribution in [-0.2, 0) is 12.8 Å². The molecule has 5 rings (SSSR count). The maximum Gasteiger partial charge on any atom is 0.0301 e. The van der Waals surface area contributed by atoms with E-state index in [1.807, 2.05) is 0 Å². The molecule has 1 heteroatoms. The summed E-state index contributed by atoms with van der Waals surface area (Å²) in [6, 6.07) is 9.23. The molecule has 1 atom stereocenters. The molecule has 3 aliphatic carbocycles. The Hall–Kier alpha value is -0.820. The Morgan fingerprint density at radius 3 is 2.67 bits per heavy atom. The van der Waals surface area contributed by atoms with E-state index in [9.17, 15) is 0 Å². The molecule has 1 unspecified atom stereocenters. The lowest BCUT2D eigenvalue weighted by Crippen LogP contribution is -2.62. The minimum Gasteiger partial charge on any atom is -0.310 e. The van der Waals surface area contributed by atoms with Crippen molar-refractivity contribution in [3.05, 3.63) is 35.4 Å². The Morgan fingerprint density at radius 2 is 1.90 bits per heavy atom. The van der Waals surface area contributed by atoms with Crippen molar-refractivity contribution in [1.29, 1.82) is 0 Å². The molecule has 2 fully saturated rings. The minimum absolute atomic E-state index is 0.344. The lowest BCUT2D eigenvalue weighted by molar-refractivity contribution is -0.0415. The van der Waals surface area contributed by atoms with Gasteiger partial charge in [0.2, 0.25) is 0 Å². The molecule has 114 valence electrons. The Bertz CT molecular complexity index is 526. The highest BCUT2D eigenvalue weighted by atomic mass is 15.1. The van der Waals surface area contributed by atoms with Crippen LogP contribution >= 0.6 is 0 Å². The number of rotatable bonds is 1. The molecule has 1 aliphatic heterocycles. The van der Waals surface area contributed by atoms with E-state index in [4.69, 9.17) is 0 Å². The standard InChI is InChI=1S/C20H29N/c1-15(2)20-14-18-8-4-3-7-17(18)9-5-6-16-12-19(20,13-16)10-11-21-20/h3-4,7-8,15-16,21H,5-6,9-14H2,1-2H3. The lowest BCUT2D eigenvalue weighted by atomic mass is 9.48. The van der Waals surface area contributed by atoms with Crippen LogP contribution in [0.4, 0.5) is 0 Å². The van der Waals surface area contributed by atoms with Crippen LogP contribution in [0.5, 0.6) is 0 Å². The third-order valence-corrected chi connectivity index (χ3v) is 6.98. The fourth-order valence-electron chi connectivity index (χ4n) is 5.88. The SMILES string of the molecule is CC(C)C12Cc3ccccc3CCCC3CC1(CCN2)C3. The predicted octanol–water partition coefficient (Wildman–Crippen LogP) is 4.35. The molecular formula is C20H29N. The summed E-state index contributed by atoms with van der Waals surface area (Å²) in [5, 5.41) is 4.01. The monoisotopic (exact) mass is 283 g/mol. The average Bonchev–Trinajstić information content (AvgIpc) is 2.81. The third-order valence-electron chi connectivity index (χ3n) is 6.98. The Kier molecular flexibility index (Phi) is 3.19. The maximum atomic E-state index is 4.01. The van der Waals surface area contributed by atoms with E-state index < -0.39 is 0 Å². The van der Waals surface area contributed by atoms with E-state index in [1.54, 1.807) is 11.1 Å². The van der Waals surface area contributed by atoms with Crippen LogP contribution in [0.3, 0.4) is 0 Å². The Morgan fingerprint density at radius 1 is 1.14 bits per heavy atom. The molecule has 1 saturated heterocycles. The Labute approximate surface area is 129 Å². The van der Waals surface area contributed by atoms with Gasteiger partial charge in [0, 0.05) is 5.54 Å². The van der Waals surface area contributed by atoms with Crippen molar-refractivity contribution in [2.45, 2.75) is 64.3 Å². The van der Waals surface area contributed by atoms with E-state index in [2.05, 4.69) is 43.4 Å². The van der Waals surface area contributed by atoms with Gasteiger partial charge in [0.05, 0.1) is 0 Å². The molecule has 1 aromatic rings. The van der Waals surface area contributed by atoms with Gasteiger partial charge >= 0.3 is 0 Å². The number of benzene rings is 1. The van der Waals surface area contributed by atoms with E-state index >= 15 is 0 Å². The van der Waals surface area contributed by atoms with Crippen LogP contribution in [-0.4, -0.2) is 12.1 Å². The van der Waals surface area contributed by atoms with Gasteiger partial charge in [-0.05, 0) is 73.4 Å². The van der Waals surface area contributed by atoms with Crippen molar-refractivity contribution in [2.75, 3.05) is 6.54 Å². The second kappa shape index (κ2) is 4.84. The van der Waals surface area contributed by atoms with Crippen LogP contribution in [0.25, 0.3) is 0 Å². The Balaban J connectivity index is 1.79. The summed E-state index contributed by atoms with van der Waals surface area (Å²) in [5.74, 6) is 1.72. The second-order valence-electron chi connectivity index (χ2n) is 8.20. The van der Waals surface area contributed by atoms with Crippen LogP contribution in [0.2, 0.25) is 0 Å². The summed E-state index contributed by atoms with van der Waals surface area (Å²) < 4.78 is 0. The smallest absolute Gasteiger partial charge is 0.0301 e. The molecule has 1 N–H and O–H groups in total. The number of aryl methyl sites for hydroxylation is 1. The van der Waals surface area contributed by atoms with Gasteiger partial charge in [0.25, 0.3) is 0 Å². The van der Waals surface area contributed by atoms with E-state index in [1.165, 1.54) is 51.5 Å². The highest BCUT2D eigenvalue weighted by Gasteiger charge is 2.61. The average molecular weight is 283 g/mol. The lowest BCUT2D eigenvalue weighted by Gasteiger charge is -2.58. The molecule has 0 amide bonds. The molecule has 1 saturated carbocycles. The summed E-state index contributed by atoms with van der Waals surface area (Å²) in [4.78, 5) is 0. The van der Waals surface area contributed by atoms with Crippen LogP contribution in [0.1, 0.15) is 57.1 Å². The molecule has 1 nitrogen and oxygen atoms in total. The molecular weight excluding hydrogens is 254 g/mol. The fraction of sp³-hybridized carbons (Fsp3) is 0.700. The molecule has 1 heterocycles. The first-order valence-electron chi connectivity index (χ1n) is 8.97. The summed E-state index contributed by atoms with van der Waals surface area (Å²) in [6.07, 6.45) is 9.75. The first kappa shape index (κ1) is 13.8. The number of hydrogen-bond acceptors (Lipinski definition) is 1. The fourth-order valence-corrected chi connectivity index (χ4v) is 5.88. The molecule has 1 aromatic carbocycles.